The van der Waals surface area contributed by atoms with E-state index in [0.717, 1.165) is 12.1 Å². The molecule has 0 bridgehead atoms. The van der Waals surface area contributed by atoms with E-state index in [4.69, 9.17) is 21.8 Å². The smallest absolute Gasteiger partial charge is 0.397 e. The minimum Gasteiger partial charge on any atom is -0.397 e. The summed E-state index contributed by atoms with van der Waals surface area (Å²) in [5.74, 6) is -3.24. The number of nitro groups is 1. The van der Waals surface area contributed by atoms with Crippen LogP contribution in [0, 0.1) is 15.9 Å². The largest absolute Gasteiger partial charge is 0.433 e. The number of rotatable bonds is 4. The summed E-state index contributed by atoms with van der Waals surface area (Å²) in [7, 11) is 0. The molecule has 0 aliphatic heterocycles. The molecule has 2 rings (SSSR count). The van der Waals surface area contributed by atoms with E-state index in [1.54, 1.807) is 0 Å². The summed E-state index contributed by atoms with van der Waals surface area (Å²) in [6.45, 7) is 0. The first-order chi connectivity index (χ1) is 10.4. The van der Waals surface area contributed by atoms with E-state index in [0.29, 0.717) is 0 Å². The van der Waals surface area contributed by atoms with Gasteiger partial charge in [-0.2, -0.15) is 0 Å². The van der Waals surface area contributed by atoms with E-state index in [9.17, 15) is 19.3 Å². The molecule has 22 heavy (non-hydrogen) atoms. The van der Waals surface area contributed by atoms with Crippen molar-refractivity contribution >= 4 is 29.3 Å². The highest BCUT2D eigenvalue weighted by Gasteiger charge is 2.19. The number of carbonyl (C=O) groups is 1. The van der Waals surface area contributed by atoms with Crippen LogP contribution in [-0.4, -0.2) is 16.7 Å². The van der Waals surface area contributed by atoms with Gasteiger partial charge in [0.05, 0.1) is 11.1 Å². The first kappa shape index (κ1) is 15.4. The molecule has 114 valence electrons. The van der Waals surface area contributed by atoms with E-state index in [1.807, 2.05) is 0 Å². The van der Waals surface area contributed by atoms with Crippen LogP contribution < -0.4 is 5.73 Å². The van der Waals surface area contributed by atoms with E-state index in [2.05, 4.69) is 9.99 Å². The molecule has 10 heteroatoms. The Balaban J connectivity index is 2.16. The average Bonchev–Trinajstić information content (AvgIpc) is 2.94. The van der Waals surface area contributed by atoms with Crippen molar-refractivity contribution in [2.24, 2.45) is 10.9 Å². The maximum atomic E-state index is 13.5. The summed E-state index contributed by atoms with van der Waals surface area (Å²) in [4.78, 5) is 25.8. The highest BCUT2D eigenvalue weighted by molar-refractivity contribution is 6.33. The Kier molecular flexibility index (Phi) is 4.37. The molecule has 0 fully saturated rings. The van der Waals surface area contributed by atoms with Gasteiger partial charge in [-0.05, 0) is 18.2 Å². The van der Waals surface area contributed by atoms with Crippen molar-refractivity contribution in [3.8, 4) is 0 Å². The van der Waals surface area contributed by atoms with Crippen LogP contribution in [0.25, 0.3) is 0 Å². The monoisotopic (exact) mass is 327 g/mol. The summed E-state index contributed by atoms with van der Waals surface area (Å²) in [5.41, 5.74) is 4.93. The molecule has 2 aromatic rings. The first-order valence-electron chi connectivity index (χ1n) is 5.63. The van der Waals surface area contributed by atoms with Crippen LogP contribution in [0.3, 0.4) is 0 Å². The molecule has 1 aromatic carbocycles. The molecule has 0 spiro atoms. The molecule has 0 atom stereocenters. The Bertz CT molecular complexity index is 754. The number of oxime groups is 1. The van der Waals surface area contributed by atoms with Gasteiger partial charge in [0.25, 0.3) is 0 Å². The number of nitrogens with zero attached hydrogens (tertiary/aromatic N) is 2. The van der Waals surface area contributed by atoms with Gasteiger partial charge in [0, 0.05) is 0 Å². The lowest BCUT2D eigenvalue weighted by atomic mass is 10.2. The molecular formula is C12H7ClFN3O5. The summed E-state index contributed by atoms with van der Waals surface area (Å²) in [6.07, 6.45) is 0. The van der Waals surface area contributed by atoms with Crippen molar-refractivity contribution in [1.82, 2.24) is 0 Å². The SMILES string of the molecule is N/C(=N\OC(=O)c1c(F)cccc1Cl)c1ccc([N+](=O)[O-])o1. The number of hydrogen-bond acceptors (Lipinski definition) is 6. The van der Waals surface area contributed by atoms with Crippen LogP contribution in [0.1, 0.15) is 16.1 Å². The molecule has 0 amide bonds. The third-order valence-electron chi connectivity index (χ3n) is 2.42. The van der Waals surface area contributed by atoms with Crippen molar-refractivity contribution in [1.29, 1.82) is 0 Å². The van der Waals surface area contributed by atoms with Crippen LogP contribution in [0.5, 0.6) is 0 Å². The number of amidine groups is 1. The zero-order valence-electron chi connectivity index (χ0n) is 10.7. The highest BCUT2D eigenvalue weighted by Crippen LogP contribution is 2.20. The van der Waals surface area contributed by atoms with E-state index in [1.165, 1.54) is 18.2 Å². The van der Waals surface area contributed by atoms with Gasteiger partial charge in [0.1, 0.15) is 16.3 Å². The lowest BCUT2D eigenvalue weighted by Crippen LogP contribution is -2.15. The molecule has 0 aliphatic rings. The fraction of sp³-hybridized carbons (Fsp3) is 0. The summed E-state index contributed by atoms with van der Waals surface area (Å²) < 4.78 is 18.2. The van der Waals surface area contributed by atoms with Crippen molar-refractivity contribution in [2.45, 2.75) is 0 Å². The van der Waals surface area contributed by atoms with Crippen molar-refractivity contribution in [3.05, 3.63) is 62.6 Å². The Morgan fingerprint density at radius 3 is 2.73 bits per heavy atom. The standard InChI is InChI=1S/C12H7ClFN3O5/c13-6-2-1-3-7(14)10(6)12(18)22-16-11(15)8-4-5-9(21-8)17(19)20/h1-5H,(H2,15,16). The van der Waals surface area contributed by atoms with Crippen molar-refractivity contribution < 1.29 is 23.4 Å². The third-order valence-corrected chi connectivity index (χ3v) is 2.73. The Hall–Kier alpha value is -2.94. The number of hydrogen-bond donors (Lipinski definition) is 1. The quantitative estimate of drug-likeness (QED) is 0.302. The van der Waals surface area contributed by atoms with Crippen molar-refractivity contribution in [3.63, 3.8) is 0 Å². The van der Waals surface area contributed by atoms with Gasteiger partial charge in [0.15, 0.2) is 5.76 Å². The number of halogens is 2. The molecule has 1 aromatic heterocycles. The molecular weight excluding hydrogens is 321 g/mol. The number of carbonyl (C=O) groups excluding carboxylic acids is 1. The summed E-state index contributed by atoms with van der Waals surface area (Å²) in [6, 6.07) is 5.85. The second-order valence-corrected chi connectivity index (χ2v) is 4.25. The maximum Gasteiger partial charge on any atom is 0.433 e. The van der Waals surface area contributed by atoms with Crippen LogP contribution >= 0.6 is 11.6 Å². The fourth-order valence-corrected chi connectivity index (χ4v) is 1.68. The van der Waals surface area contributed by atoms with Crippen LogP contribution in [-0.2, 0) is 4.84 Å². The Labute approximate surface area is 127 Å². The molecule has 0 saturated carbocycles. The van der Waals surface area contributed by atoms with Crippen LogP contribution in [0.4, 0.5) is 10.3 Å². The molecule has 0 saturated heterocycles. The Morgan fingerprint density at radius 1 is 1.41 bits per heavy atom. The highest BCUT2D eigenvalue weighted by atomic mass is 35.5. The first-order valence-corrected chi connectivity index (χ1v) is 6.01. The summed E-state index contributed by atoms with van der Waals surface area (Å²) in [5, 5.41) is 13.5. The molecule has 0 aliphatic carbocycles. The second-order valence-electron chi connectivity index (χ2n) is 3.85. The zero-order valence-corrected chi connectivity index (χ0v) is 11.4. The van der Waals surface area contributed by atoms with Gasteiger partial charge in [-0.3, -0.25) is 10.1 Å². The fourth-order valence-electron chi connectivity index (χ4n) is 1.44. The lowest BCUT2D eigenvalue weighted by molar-refractivity contribution is -0.402. The third kappa shape index (κ3) is 3.20. The topological polar surface area (TPSA) is 121 Å². The second kappa shape index (κ2) is 6.22. The van der Waals surface area contributed by atoms with Gasteiger partial charge in [0.2, 0.25) is 5.84 Å². The lowest BCUT2D eigenvalue weighted by Gasteiger charge is -2.02. The normalized spacial score (nSPS) is 11.3. The molecule has 0 radical (unpaired) electrons. The van der Waals surface area contributed by atoms with Crippen LogP contribution in [0.15, 0.2) is 39.9 Å². The number of furan rings is 1. The Morgan fingerprint density at radius 2 is 2.14 bits per heavy atom. The van der Waals surface area contributed by atoms with Gasteiger partial charge < -0.3 is 15.0 Å². The number of benzene rings is 1. The minimum absolute atomic E-state index is 0.160. The molecule has 2 N–H and O–H groups in total. The minimum atomic E-state index is -1.17. The van der Waals surface area contributed by atoms with E-state index in [-0.39, 0.29) is 10.8 Å². The average molecular weight is 328 g/mol. The van der Waals surface area contributed by atoms with Gasteiger partial charge in [-0.15, -0.1) is 0 Å². The predicted molar refractivity (Wildman–Crippen MR) is 72.9 cm³/mol. The summed E-state index contributed by atoms with van der Waals surface area (Å²) >= 11 is 5.68. The molecule has 8 nitrogen and oxygen atoms in total. The van der Waals surface area contributed by atoms with Gasteiger partial charge in [-0.1, -0.05) is 22.8 Å². The van der Waals surface area contributed by atoms with Crippen molar-refractivity contribution in [2.75, 3.05) is 0 Å². The maximum absolute atomic E-state index is 13.5. The number of nitrogens with two attached hydrogens (primary N) is 1. The van der Waals surface area contributed by atoms with Gasteiger partial charge >= 0.3 is 11.9 Å². The predicted octanol–water partition coefficient (Wildman–Crippen LogP) is 2.46. The van der Waals surface area contributed by atoms with E-state index < -0.39 is 34.0 Å². The molecule has 0 unspecified atom stereocenters. The zero-order chi connectivity index (χ0) is 16.3. The van der Waals surface area contributed by atoms with Crippen LogP contribution in [0.2, 0.25) is 5.02 Å². The van der Waals surface area contributed by atoms with Gasteiger partial charge in [-0.25, -0.2) is 9.18 Å². The van der Waals surface area contributed by atoms with E-state index >= 15 is 0 Å². The molecule has 1 heterocycles.